The van der Waals surface area contributed by atoms with Crippen LogP contribution in [0.4, 0.5) is 0 Å². The highest BCUT2D eigenvalue weighted by Gasteiger charge is 2.17. The lowest BCUT2D eigenvalue weighted by molar-refractivity contribution is 0.764. The van der Waals surface area contributed by atoms with Crippen LogP contribution in [-0.2, 0) is 12.3 Å². The maximum Gasteiger partial charge on any atom is 0.263 e. The van der Waals surface area contributed by atoms with E-state index in [9.17, 15) is 4.79 Å². The van der Waals surface area contributed by atoms with Crippen molar-refractivity contribution in [2.75, 3.05) is 0 Å². The average Bonchev–Trinajstić information content (AvgIpc) is 3.45. The summed E-state index contributed by atoms with van der Waals surface area (Å²) in [5.74, 6) is 1.18. The van der Waals surface area contributed by atoms with E-state index in [0.717, 1.165) is 27.6 Å². The lowest BCUT2D eigenvalue weighted by Crippen LogP contribution is -2.24. The normalized spacial score (nSPS) is 11.6. The monoisotopic (exact) mass is 438 g/mol. The molecule has 0 atom stereocenters. The third kappa shape index (κ3) is 3.16. The van der Waals surface area contributed by atoms with Gasteiger partial charge in [-0.25, -0.2) is 4.98 Å². The Hall–Kier alpha value is -3.91. The van der Waals surface area contributed by atoms with Gasteiger partial charge in [0, 0.05) is 18.1 Å². The van der Waals surface area contributed by atoms with Crippen LogP contribution in [0, 0.1) is 0 Å². The van der Waals surface area contributed by atoms with Crippen LogP contribution in [0.15, 0.2) is 95.1 Å². The molecule has 4 heterocycles. The molecule has 0 unspecified atom stereocenters. The molecular formula is C24H18N6OS. The summed E-state index contributed by atoms with van der Waals surface area (Å²) in [7, 11) is 0. The average molecular weight is 439 g/mol. The topological polar surface area (TPSA) is 69.5 Å². The zero-order valence-electron chi connectivity index (χ0n) is 17.0. The molecule has 7 nitrogen and oxygen atoms in total. The number of nitrogens with zero attached hydrogens (tertiary/aromatic N) is 6. The Labute approximate surface area is 187 Å². The highest BCUT2D eigenvalue weighted by atomic mass is 32.2. The zero-order chi connectivity index (χ0) is 21.5. The van der Waals surface area contributed by atoms with E-state index in [4.69, 9.17) is 0 Å². The van der Waals surface area contributed by atoms with Crippen LogP contribution in [0.25, 0.3) is 22.3 Å². The van der Waals surface area contributed by atoms with Gasteiger partial charge in [0.1, 0.15) is 5.65 Å². The molecule has 0 amide bonds. The first-order valence-electron chi connectivity index (χ1n) is 10.2. The fourth-order valence-corrected chi connectivity index (χ4v) is 4.75. The molecule has 0 N–H and O–H groups in total. The molecule has 0 aliphatic carbocycles. The Balaban J connectivity index is 1.45. The molecular weight excluding hydrogens is 420 g/mol. The molecule has 0 fully saturated rings. The van der Waals surface area contributed by atoms with E-state index in [1.54, 1.807) is 16.3 Å². The highest BCUT2D eigenvalue weighted by Crippen LogP contribution is 2.25. The van der Waals surface area contributed by atoms with Crippen molar-refractivity contribution in [2.24, 2.45) is 0 Å². The van der Waals surface area contributed by atoms with Crippen molar-refractivity contribution in [1.82, 2.24) is 28.5 Å². The second-order valence-electron chi connectivity index (χ2n) is 7.50. The molecule has 0 aliphatic heterocycles. The number of para-hydroxylation sites is 1. The molecule has 6 rings (SSSR count). The first-order valence-corrected chi connectivity index (χ1v) is 11.2. The molecule has 32 heavy (non-hydrogen) atoms. The van der Waals surface area contributed by atoms with Crippen LogP contribution >= 0.6 is 11.8 Å². The summed E-state index contributed by atoms with van der Waals surface area (Å²) in [6.45, 7) is 0.434. The quantitative estimate of drug-likeness (QED) is 0.380. The van der Waals surface area contributed by atoms with Gasteiger partial charge in [0.05, 0.1) is 23.1 Å². The van der Waals surface area contributed by atoms with Crippen molar-refractivity contribution in [3.05, 3.63) is 107 Å². The number of benzene rings is 2. The molecule has 0 aliphatic rings. The summed E-state index contributed by atoms with van der Waals surface area (Å²) in [6, 6.07) is 23.5. The van der Waals surface area contributed by atoms with Gasteiger partial charge in [0.15, 0.2) is 5.16 Å². The van der Waals surface area contributed by atoms with Crippen LogP contribution in [0.2, 0.25) is 0 Å². The lowest BCUT2D eigenvalue weighted by atomic mass is 10.2. The van der Waals surface area contributed by atoms with Gasteiger partial charge in [-0.2, -0.15) is 0 Å². The Bertz CT molecular complexity index is 1600. The fourth-order valence-electron chi connectivity index (χ4n) is 3.93. The third-order valence-electron chi connectivity index (χ3n) is 5.42. The molecule has 0 radical (unpaired) electrons. The molecule has 0 spiro atoms. The predicted octanol–water partition coefficient (Wildman–Crippen LogP) is 4.03. The van der Waals surface area contributed by atoms with Gasteiger partial charge >= 0.3 is 0 Å². The van der Waals surface area contributed by atoms with E-state index < -0.39 is 0 Å². The largest absolute Gasteiger partial charge is 0.307 e. The van der Waals surface area contributed by atoms with E-state index in [2.05, 4.69) is 15.2 Å². The van der Waals surface area contributed by atoms with E-state index in [1.807, 2.05) is 94.0 Å². The van der Waals surface area contributed by atoms with E-state index in [1.165, 1.54) is 0 Å². The first-order chi connectivity index (χ1) is 15.8. The van der Waals surface area contributed by atoms with Crippen molar-refractivity contribution >= 4 is 34.1 Å². The van der Waals surface area contributed by atoms with Gasteiger partial charge in [-0.15, -0.1) is 10.2 Å². The summed E-state index contributed by atoms with van der Waals surface area (Å²) in [5, 5.41) is 10.2. The summed E-state index contributed by atoms with van der Waals surface area (Å²) in [6.07, 6.45) is 4.01. The zero-order valence-corrected chi connectivity index (χ0v) is 17.8. The van der Waals surface area contributed by atoms with Crippen molar-refractivity contribution in [3.8, 4) is 0 Å². The number of aromatic nitrogens is 6. The lowest BCUT2D eigenvalue weighted by Gasteiger charge is -2.11. The summed E-state index contributed by atoms with van der Waals surface area (Å²) >= 11 is 1.56. The summed E-state index contributed by atoms with van der Waals surface area (Å²) in [5.41, 5.74) is 3.64. The molecule has 0 saturated heterocycles. The molecule has 6 aromatic rings. The number of hydrogen-bond donors (Lipinski definition) is 0. The minimum atomic E-state index is -0.0683. The van der Waals surface area contributed by atoms with Gasteiger partial charge in [-0.3, -0.25) is 13.8 Å². The molecule has 0 bridgehead atoms. The highest BCUT2D eigenvalue weighted by molar-refractivity contribution is 7.98. The van der Waals surface area contributed by atoms with E-state index in [-0.39, 0.29) is 5.56 Å². The van der Waals surface area contributed by atoms with Gasteiger partial charge in [0.25, 0.3) is 5.56 Å². The number of pyridine rings is 1. The molecule has 2 aromatic carbocycles. The van der Waals surface area contributed by atoms with Gasteiger partial charge < -0.3 is 4.40 Å². The number of thioether (sulfide) groups is 1. The maximum absolute atomic E-state index is 13.3. The second kappa shape index (κ2) is 7.65. The second-order valence-corrected chi connectivity index (χ2v) is 8.44. The SMILES string of the molecule is O=c1c2ccccc2n2c(SCc3cn4ccccc4n3)nnc2n1Cc1ccccc1. The summed E-state index contributed by atoms with van der Waals surface area (Å²) < 4.78 is 5.67. The van der Waals surface area contributed by atoms with Crippen molar-refractivity contribution in [3.63, 3.8) is 0 Å². The van der Waals surface area contributed by atoms with Crippen LogP contribution in [0.3, 0.4) is 0 Å². The Kier molecular flexibility index (Phi) is 4.50. The molecule has 4 aromatic heterocycles. The number of hydrogen-bond acceptors (Lipinski definition) is 5. The van der Waals surface area contributed by atoms with Crippen molar-refractivity contribution in [2.45, 2.75) is 17.5 Å². The maximum atomic E-state index is 13.3. The predicted molar refractivity (Wildman–Crippen MR) is 125 cm³/mol. The number of imidazole rings is 1. The fraction of sp³-hybridized carbons (Fsp3) is 0.0833. The van der Waals surface area contributed by atoms with Gasteiger partial charge in [-0.1, -0.05) is 60.3 Å². The number of fused-ring (bicyclic) bond motifs is 4. The van der Waals surface area contributed by atoms with Crippen molar-refractivity contribution < 1.29 is 0 Å². The first kappa shape index (κ1) is 18.8. The summed E-state index contributed by atoms with van der Waals surface area (Å²) in [4.78, 5) is 18.0. The Morgan fingerprint density at radius 2 is 1.69 bits per heavy atom. The van der Waals surface area contributed by atoms with E-state index >= 15 is 0 Å². The minimum Gasteiger partial charge on any atom is -0.307 e. The standard InChI is InChI=1S/C24H18N6OS/c31-22-19-10-4-5-11-20(19)30-23(29(22)14-17-8-2-1-3-9-17)26-27-24(30)32-16-18-15-28-13-7-6-12-21(28)25-18/h1-13,15H,14,16H2. The van der Waals surface area contributed by atoms with Crippen LogP contribution < -0.4 is 5.56 Å². The Morgan fingerprint density at radius 3 is 2.56 bits per heavy atom. The molecule has 156 valence electrons. The minimum absolute atomic E-state index is 0.0683. The van der Waals surface area contributed by atoms with Gasteiger partial charge in [0.2, 0.25) is 5.78 Å². The van der Waals surface area contributed by atoms with E-state index in [0.29, 0.717) is 23.5 Å². The third-order valence-corrected chi connectivity index (χ3v) is 6.39. The van der Waals surface area contributed by atoms with Crippen molar-refractivity contribution in [1.29, 1.82) is 0 Å². The Morgan fingerprint density at radius 1 is 0.875 bits per heavy atom. The molecule has 8 heteroatoms. The molecule has 0 saturated carbocycles. The van der Waals surface area contributed by atoms with Gasteiger partial charge in [-0.05, 0) is 29.8 Å². The van der Waals surface area contributed by atoms with Crippen LogP contribution in [-0.4, -0.2) is 28.5 Å². The smallest absolute Gasteiger partial charge is 0.263 e. The number of rotatable bonds is 5. The van der Waals surface area contributed by atoms with Crippen LogP contribution in [0.1, 0.15) is 11.3 Å². The van der Waals surface area contributed by atoms with Crippen LogP contribution in [0.5, 0.6) is 0 Å².